The molecule has 1 fully saturated rings. The van der Waals surface area contributed by atoms with Gasteiger partial charge in [0, 0.05) is 0 Å². The Morgan fingerprint density at radius 3 is 2.50 bits per heavy atom. The lowest BCUT2D eigenvalue weighted by Crippen LogP contribution is -2.03. The van der Waals surface area contributed by atoms with Crippen LogP contribution in [0.4, 0.5) is 0 Å². The minimum absolute atomic E-state index is 0.0556. The van der Waals surface area contributed by atoms with E-state index in [4.69, 9.17) is 5.11 Å². The van der Waals surface area contributed by atoms with Gasteiger partial charge in [-0.2, -0.15) is 0 Å². The molecule has 1 saturated carbocycles. The van der Waals surface area contributed by atoms with Crippen molar-refractivity contribution in [3.05, 3.63) is 0 Å². The van der Waals surface area contributed by atoms with Crippen molar-refractivity contribution >= 4 is 0 Å². The molecule has 48 valence electrons. The van der Waals surface area contributed by atoms with Gasteiger partial charge < -0.3 is 5.11 Å². The van der Waals surface area contributed by atoms with Crippen molar-refractivity contribution in [2.75, 3.05) is 0 Å². The first-order valence-electron chi connectivity index (χ1n) is 3.43. The summed E-state index contributed by atoms with van der Waals surface area (Å²) in [4.78, 5) is 0. The number of rotatable bonds is 2. The molecule has 1 heteroatoms. The van der Waals surface area contributed by atoms with Crippen LogP contribution in [0.2, 0.25) is 0 Å². The van der Waals surface area contributed by atoms with Gasteiger partial charge in [0.25, 0.3) is 0 Å². The average molecular weight is 114 g/mol. The lowest BCUT2D eigenvalue weighted by molar-refractivity contribution is 0.164. The lowest BCUT2D eigenvalue weighted by Gasteiger charge is -1.98. The third-order valence-electron chi connectivity index (χ3n) is 2.12. The number of aliphatic hydroxyl groups is 1. The van der Waals surface area contributed by atoms with Crippen molar-refractivity contribution in [2.24, 2.45) is 11.8 Å². The second-order valence-electron chi connectivity index (χ2n) is 2.81. The molecule has 1 aliphatic rings. The lowest BCUT2D eigenvalue weighted by atomic mass is 10.2. The van der Waals surface area contributed by atoms with Crippen LogP contribution >= 0.6 is 0 Å². The minimum atomic E-state index is -0.0556. The highest BCUT2D eigenvalue weighted by Crippen LogP contribution is 2.43. The second kappa shape index (κ2) is 2.06. The summed E-state index contributed by atoms with van der Waals surface area (Å²) in [5.41, 5.74) is 0. The molecular formula is C7H14O. The molecule has 0 aromatic carbocycles. The van der Waals surface area contributed by atoms with Gasteiger partial charge in [-0.3, -0.25) is 0 Å². The fourth-order valence-corrected chi connectivity index (χ4v) is 1.33. The molecule has 0 radical (unpaired) electrons. The van der Waals surface area contributed by atoms with Crippen LogP contribution in [-0.2, 0) is 0 Å². The van der Waals surface area contributed by atoms with Gasteiger partial charge in [0.2, 0.25) is 0 Å². The normalized spacial score (nSPS) is 39.4. The van der Waals surface area contributed by atoms with Crippen molar-refractivity contribution in [1.29, 1.82) is 0 Å². The van der Waals surface area contributed by atoms with Crippen LogP contribution in [0, 0.1) is 11.8 Å². The smallest absolute Gasteiger partial charge is 0.0543 e. The molecule has 0 heterocycles. The van der Waals surface area contributed by atoms with Gasteiger partial charge in [-0.25, -0.2) is 0 Å². The van der Waals surface area contributed by atoms with Crippen LogP contribution < -0.4 is 0 Å². The van der Waals surface area contributed by atoms with Gasteiger partial charge in [0.05, 0.1) is 6.10 Å². The molecular weight excluding hydrogens is 100 g/mol. The Balaban J connectivity index is 2.16. The Labute approximate surface area is 50.7 Å². The van der Waals surface area contributed by atoms with Crippen LogP contribution in [0.25, 0.3) is 0 Å². The van der Waals surface area contributed by atoms with E-state index in [1.165, 1.54) is 12.8 Å². The highest BCUT2D eigenvalue weighted by molar-refractivity contribution is 4.88. The molecule has 1 nitrogen and oxygen atoms in total. The molecule has 0 aromatic heterocycles. The zero-order chi connectivity index (χ0) is 6.15. The Morgan fingerprint density at radius 1 is 1.75 bits per heavy atom. The van der Waals surface area contributed by atoms with E-state index < -0.39 is 0 Å². The Bertz CT molecular complexity index is 78.5. The third-order valence-corrected chi connectivity index (χ3v) is 2.12. The van der Waals surface area contributed by atoms with Crippen molar-refractivity contribution in [3.63, 3.8) is 0 Å². The molecule has 3 atom stereocenters. The van der Waals surface area contributed by atoms with Crippen molar-refractivity contribution in [2.45, 2.75) is 32.8 Å². The number of aliphatic hydroxyl groups excluding tert-OH is 1. The molecule has 0 bridgehead atoms. The quantitative estimate of drug-likeness (QED) is 0.575. The molecule has 0 saturated heterocycles. The van der Waals surface area contributed by atoms with Crippen LogP contribution in [0.3, 0.4) is 0 Å². The summed E-state index contributed by atoms with van der Waals surface area (Å²) in [7, 11) is 0. The molecule has 0 aliphatic heterocycles. The molecule has 1 rings (SSSR count). The number of hydrogen-bond donors (Lipinski definition) is 1. The third kappa shape index (κ3) is 1.03. The fourth-order valence-electron chi connectivity index (χ4n) is 1.33. The predicted molar refractivity (Wildman–Crippen MR) is 33.6 cm³/mol. The molecule has 0 spiro atoms. The Hall–Kier alpha value is -0.0400. The monoisotopic (exact) mass is 114 g/mol. The van der Waals surface area contributed by atoms with Gasteiger partial charge >= 0.3 is 0 Å². The van der Waals surface area contributed by atoms with E-state index in [9.17, 15) is 0 Å². The number of hydrogen-bond acceptors (Lipinski definition) is 1. The van der Waals surface area contributed by atoms with E-state index in [-0.39, 0.29) is 6.10 Å². The van der Waals surface area contributed by atoms with E-state index in [2.05, 4.69) is 6.92 Å². The van der Waals surface area contributed by atoms with Gasteiger partial charge in [0.1, 0.15) is 0 Å². The molecule has 8 heavy (non-hydrogen) atoms. The van der Waals surface area contributed by atoms with Gasteiger partial charge in [-0.15, -0.1) is 0 Å². The summed E-state index contributed by atoms with van der Waals surface area (Å²) < 4.78 is 0. The summed E-state index contributed by atoms with van der Waals surface area (Å²) >= 11 is 0. The standard InChI is InChI=1S/C7H14O/c1-3-6-4-7(6)5(2)8/h5-8H,3-4H2,1-2H3/t5-,6?,7?/m1/s1. The summed E-state index contributed by atoms with van der Waals surface area (Å²) in [6.07, 6.45) is 2.45. The van der Waals surface area contributed by atoms with Crippen molar-refractivity contribution < 1.29 is 5.11 Å². The van der Waals surface area contributed by atoms with Gasteiger partial charge in [-0.1, -0.05) is 13.3 Å². The van der Waals surface area contributed by atoms with Gasteiger partial charge in [0.15, 0.2) is 0 Å². The molecule has 1 N–H and O–H groups in total. The molecule has 0 amide bonds. The Morgan fingerprint density at radius 2 is 2.38 bits per heavy atom. The minimum Gasteiger partial charge on any atom is -0.393 e. The average Bonchev–Trinajstić information content (AvgIpc) is 2.42. The highest BCUT2D eigenvalue weighted by atomic mass is 16.3. The Kier molecular flexibility index (Phi) is 1.57. The van der Waals surface area contributed by atoms with Gasteiger partial charge in [-0.05, 0) is 25.2 Å². The maximum Gasteiger partial charge on any atom is 0.0543 e. The molecule has 1 aliphatic carbocycles. The molecule has 0 aromatic rings. The first-order chi connectivity index (χ1) is 3.75. The predicted octanol–water partition coefficient (Wildman–Crippen LogP) is 1.41. The zero-order valence-electron chi connectivity index (χ0n) is 5.59. The van der Waals surface area contributed by atoms with Crippen LogP contribution in [0.5, 0.6) is 0 Å². The van der Waals surface area contributed by atoms with Crippen LogP contribution in [0.15, 0.2) is 0 Å². The van der Waals surface area contributed by atoms with E-state index in [0.29, 0.717) is 5.92 Å². The maximum absolute atomic E-state index is 8.99. The van der Waals surface area contributed by atoms with E-state index in [1.807, 2.05) is 6.92 Å². The summed E-state index contributed by atoms with van der Waals surface area (Å²) in [6, 6.07) is 0. The first kappa shape index (κ1) is 6.09. The SMILES string of the molecule is CCC1CC1[C@@H](C)O. The fraction of sp³-hybridized carbons (Fsp3) is 1.00. The summed E-state index contributed by atoms with van der Waals surface area (Å²) in [5, 5.41) is 8.99. The summed E-state index contributed by atoms with van der Waals surface area (Å²) in [6.45, 7) is 4.08. The van der Waals surface area contributed by atoms with Crippen LogP contribution in [-0.4, -0.2) is 11.2 Å². The maximum atomic E-state index is 8.99. The van der Waals surface area contributed by atoms with E-state index >= 15 is 0 Å². The summed E-state index contributed by atoms with van der Waals surface area (Å²) in [5.74, 6) is 1.48. The van der Waals surface area contributed by atoms with E-state index in [0.717, 1.165) is 5.92 Å². The topological polar surface area (TPSA) is 20.2 Å². The first-order valence-corrected chi connectivity index (χ1v) is 3.43. The second-order valence-corrected chi connectivity index (χ2v) is 2.81. The van der Waals surface area contributed by atoms with Crippen LogP contribution in [0.1, 0.15) is 26.7 Å². The van der Waals surface area contributed by atoms with E-state index in [1.54, 1.807) is 0 Å². The highest BCUT2D eigenvalue weighted by Gasteiger charge is 2.38. The molecule has 2 unspecified atom stereocenters. The van der Waals surface area contributed by atoms with Crippen molar-refractivity contribution in [3.8, 4) is 0 Å². The largest absolute Gasteiger partial charge is 0.393 e. The van der Waals surface area contributed by atoms with Crippen molar-refractivity contribution in [1.82, 2.24) is 0 Å². The zero-order valence-corrected chi connectivity index (χ0v) is 5.59.